The molecule has 1 atom stereocenters. The largest absolute Gasteiger partial charge is 0.356 e. The number of fused-ring (bicyclic) bond motifs is 1. The van der Waals surface area contributed by atoms with E-state index in [4.69, 9.17) is 0 Å². The van der Waals surface area contributed by atoms with E-state index in [-0.39, 0.29) is 41.7 Å². The Morgan fingerprint density at radius 3 is 2.50 bits per heavy atom. The van der Waals surface area contributed by atoms with Crippen molar-refractivity contribution >= 4 is 47.4 Å². The molecule has 0 aliphatic carbocycles. The van der Waals surface area contributed by atoms with Crippen molar-refractivity contribution in [1.29, 1.82) is 0 Å². The number of nitrogens with one attached hydrogen (secondary N) is 3. The number of guanidine groups is 1. The lowest BCUT2D eigenvalue weighted by Gasteiger charge is -2.26. The summed E-state index contributed by atoms with van der Waals surface area (Å²) in [6.45, 7) is 1.19. The van der Waals surface area contributed by atoms with Gasteiger partial charge in [0.05, 0.1) is 0 Å². The van der Waals surface area contributed by atoms with Crippen LogP contribution in [-0.2, 0) is 11.3 Å². The number of hydrogen-bond acceptors (Lipinski definition) is 3. The van der Waals surface area contributed by atoms with Gasteiger partial charge in [0, 0.05) is 57.8 Å². The molecule has 0 bridgehead atoms. The molecule has 1 heterocycles. The molecular formula is C22H28IN5O2. The van der Waals surface area contributed by atoms with E-state index in [1.165, 1.54) is 0 Å². The second-order valence-corrected chi connectivity index (χ2v) is 7.24. The minimum absolute atomic E-state index is 0. The Morgan fingerprint density at radius 1 is 1.13 bits per heavy atom. The first-order chi connectivity index (χ1) is 14.0. The minimum Gasteiger partial charge on any atom is -0.356 e. The van der Waals surface area contributed by atoms with Crippen molar-refractivity contribution in [2.45, 2.75) is 18.9 Å². The minimum atomic E-state index is -0.0150. The highest BCUT2D eigenvalue weighted by Gasteiger charge is 2.24. The van der Waals surface area contributed by atoms with Gasteiger partial charge in [0.25, 0.3) is 5.91 Å². The molecule has 2 amide bonds. The van der Waals surface area contributed by atoms with Gasteiger partial charge in [-0.1, -0.05) is 30.3 Å². The maximum atomic E-state index is 12.0. The molecule has 0 saturated carbocycles. The molecule has 0 saturated heterocycles. The molecule has 2 aromatic rings. The monoisotopic (exact) mass is 521 g/mol. The van der Waals surface area contributed by atoms with E-state index in [9.17, 15) is 9.59 Å². The van der Waals surface area contributed by atoms with E-state index in [2.05, 4.69) is 20.9 Å². The number of anilines is 1. The fraction of sp³-hybridized carbons (Fsp3) is 0.318. The Balaban J connectivity index is 0.00000320. The van der Waals surface area contributed by atoms with E-state index in [0.717, 1.165) is 16.8 Å². The molecule has 0 spiro atoms. The Hall–Kier alpha value is -2.62. The van der Waals surface area contributed by atoms with E-state index in [0.29, 0.717) is 31.0 Å². The summed E-state index contributed by atoms with van der Waals surface area (Å²) in [6, 6.07) is 15.4. The number of benzene rings is 2. The summed E-state index contributed by atoms with van der Waals surface area (Å²) in [4.78, 5) is 29.8. The van der Waals surface area contributed by atoms with E-state index < -0.39 is 0 Å². The number of halogens is 1. The maximum Gasteiger partial charge on any atom is 0.253 e. The van der Waals surface area contributed by atoms with Gasteiger partial charge in [-0.2, -0.15) is 0 Å². The molecule has 3 N–H and O–H groups in total. The second-order valence-electron chi connectivity index (χ2n) is 7.24. The Labute approximate surface area is 194 Å². The third kappa shape index (κ3) is 5.94. The molecule has 1 aliphatic heterocycles. The lowest BCUT2D eigenvalue weighted by molar-refractivity contribution is -0.116. The van der Waals surface area contributed by atoms with Crippen LogP contribution in [-0.4, -0.2) is 50.4 Å². The summed E-state index contributed by atoms with van der Waals surface area (Å²) in [7, 11) is 5.19. The van der Waals surface area contributed by atoms with Crippen LogP contribution in [0.1, 0.15) is 33.8 Å². The van der Waals surface area contributed by atoms with Crippen molar-refractivity contribution in [3.8, 4) is 0 Å². The fourth-order valence-corrected chi connectivity index (χ4v) is 3.33. The fourth-order valence-electron chi connectivity index (χ4n) is 3.33. The van der Waals surface area contributed by atoms with E-state index in [1.54, 1.807) is 26.0 Å². The van der Waals surface area contributed by atoms with Gasteiger partial charge in [0.15, 0.2) is 5.96 Å². The molecule has 1 unspecified atom stereocenters. The van der Waals surface area contributed by atoms with Crippen LogP contribution in [0.15, 0.2) is 53.5 Å². The predicted octanol–water partition coefficient (Wildman–Crippen LogP) is 2.80. The third-order valence-electron chi connectivity index (χ3n) is 4.91. The lowest BCUT2D eigenvalue weighted by atomic mass is 9.90. The maximum absolute atomic E-state index is 12.0. The normalized spacial score (nSPS) is 15.4. The SMILES string of the molecule is CN=C(NCc1ccc(C(=O)N(C)C)cc1)NCC1CC(=O)Nc2ccccc21.I. The van der Waals surface area contributed by atoms with Crippen molar-refractivity contribution in [2.24, 2.45) is 4.99 Å². The molecule has 3 rings (SSSR count). The molecule has 0 radical (unpaired) electrons. The number of para-hydroxylation sites is 1. The first kappa shape index (κ1) is 23.7. The van der Waals surface area contributed by atoms with Gasteiger partial charge in [-0.05, 0) is 29.3 Å². The summed E-state index contributed by atoms with van der Waals surface area (Å²) >= 11 is 0. The Kier molecular flexibility index (Phi) is 8.64. The van der Waals surface area contributed by atoms with Crippen LogP contribution in [0, 0.1) is 0 Å². The number of carbonyl (C=O) groups excluding carboxylic acids is 2. The lowest BCUT2D eigenvalue weighted by Crippen LogP contribution is -2.40. The van der Waals surface area contributed by atoms with Gasteiger partial charge in [0.1, 0.15) is 0 Å². The van der Waals surface area contributed by atoms with Crippen LogP contribution < -0.4 is 16.0 Å². The summed E-state index contributed by atoms with van der Waals surface area (Å²) in [5, 5.41) is 9.51. The van der Waals surface area contributed by atoms with Gasteiger partial charge in [-0.3, -0.25) is 14.6 Å². The summed E-state index contributed by atoms with van der Waals surface area (Å²) in [6.07, 6.45) is 0.447. The zero-order chi connectivity index (χ0) is 20.8. The van der Waals surface area contributed by atoms with Crippen LogP contribution >= 0.6 is 24.0 Å². The highest BCUT2D eigenvalue weighted by atomic mass is 127. The van der Waals surface area contributed by atoms with Gasteiger partial charge in [0.2, 0.25) is 5.91 Å². The highest BCUT2D eigenvalue weighted by Crippen LogP contribution is 2.31. The first-order valence-electron chi connectivity index (χ1n) is 9.62. The molecule has 160 valence electrons. The van der Waals surface area contributed by atoms with E-state index >= 15 is 0 Å². The standard InChI is InChI=1S/C22H27N5O2.HI/c1-23-22(24-13-15-8-10-16(11-9-15)21(29)27(2)3)25-14-17-12-20(28)26-19-7-5-4-6-18(17)19;/h4-11,17H,12-14H2,1-3H3,(H,26,28)(H2,23,24,25);1H. The average Bonchev–Trinajstić information content (AvgIpc) is 2.73. The van der Waals surface area contributed by atoms with Gasteiger partial charge >= 0.3 is 0 Å². The van der Waals surface area contributed by atoms with Crippen molar-refractivity contribution in [2.75, 3.05) is 33.0 Å². The van der Waals surface area contributed by atoms with Crippen molar-refractivity contribution in [3.63, 3.8) is 0 Å². The Morgan fingerprint density at radius 2 is 1.83 bits per heavy atom. The smallest absolute Gasteiger partial charge is 0.253 e. The van der Waals surface area contributed by atoms with E-state index in [1.807, 2.05) is 48.5 Å². The molecule has 30 heavy (non-hydrogen) atoms. The van der Waals surface area contributed by atoms with Crippen LogP contribution in [0.5, 0.6) is 0 Å². The molecular weight excluding hydrogens is 493 g/mol. The predicted molar refractivity (Wildman–Crippen MR) is 131 cm³/mol. The topological polar surface area (TPSA) is 85.8 Å². The molecule has 0 fully saturated rings. The van der Waals surface area contributed by atoms with Crippen molar-refractivity contribution < 1.29 is 9.59 Å². The molecule has 1 aliphatic rings. The van der Waals surface area contributed by atoms with Crippen molar-refractivity contribution in [1.82, 2.24) is 15.5 Å². The first-order valence-corrected chi connectivity index (χ1v) is 9.62. The van der Waals surface area contributed by atoms with Gasteiger partial charge in [-0.15, -0.1) is 24.0 Å². The molecule has 8 heteroatoms. The third-order valence-corrected chi connectivity index (χ3v) is 4.91. The van der Waals surface area contributed by atoms with Crippen LogP contribution in [0.2, 0.25) is 0 Å². The van der Waals surface area contributed by atoms with Crippen molar-refractivity contribution in [3.05, 3.63) is 65.2 Å². The number of rotatable bonds is 5. The summed E-state index contributed by atoms with van der Waals surface area (Å²) in [5.41, 5.74) is 3.73. The van der Waals surface area contributed by atoms with Crippen LogP contribution in [0.25, 0.3) is 0 Å². The van der Waals surface area contributed by atoms with Gasteiger partial charge in [-0.25, -0.2) is 0 Å². The average molecular weight is 521 g/mol. The number of carbonyl (C=O) groups is 2. The Bertz CT molecular complexity index is 912. The van der Waals surface area contributed by atoms with Gasteiger partial charge < -0.3 is 20.9 Å². The summed E-state index contributed by atoms with van der Waals surface area (Å²) < 4.78 is 0. The molecule has 2 aromatic carbocycles. The second kappa shape index (κ2) is 11.0. The molecule has 7 nitrogen and oxygen atoms in total. The number of amides is 2. The van der Waals surface area contributed by atoms with Crippen LogP contribution in [0.3, 0.4) is 0 Å². The van der Waals surface area contributed by atoms with Crippen LogP contribution in [0.4, 0.5) is 5.69 Å². The zero-order valence-corrected chi connectivity index (χ0v) is 19.8. The highest BCUT2D eigenvalue weighted by molar-refractivity contribution is 14.0. The molecule has 0 aromatic heterocycles. The summed E-state index contributed by atoms with van der Waals surface area (Å²) in [5.74, 6) is 0.779. The zero-order valence-electron chi connectivity index (χ0n) is 17.4. The number of aliphatic imine (C=N–C) groups is 1. The number of hydrogen-bond donors (Lipinski definition) is 3. The number of nitrogens with zero attached hydrogens (tertiary/aromatic N) is 2. The quantitative estimate of drug-likeness (QED) is 0.321.